The van der Waals surface area contributed by atoms with Gasteiger partial charge in [0.05, 0.1) is 5.69 Å². The van der Waals surface area contributed by atoms with Crippen molar-refractivity contribution in [2.24, 2.45) is 0 Å². The number of imide groups is 1. The molecule has 1 aliphatic heterocycles. The molecule has 1 N–H and O–H groups in total. The fourth-order valence-electron chi connectivity index (χ4n) is 2.31. The van der Waals surface area contributed by atoms with Gasteiger partial charge in [-0.3, -0.25) is 9.59 Å². The van der Waals surface area contributed by atoms with Crippen molar-refractivity contribution in [3.63, 3.8) is 0 Å². The fourth-order valence-corrected chi connectivity index (χ4v) is 2.70. The average Bonchev–Trinajstić information content (AvgIpc) is 2.76. The third kappa shape index (κ3) is 2.77. The Morgan fingerprint density at radius 1 is 1.00 bits per heavy atom. The van der Waals surface area contributed by atoms with Gasteiger partial charge in [-0.25, -0.2) is 9.29 Å². The van der Waals surface area contributed by atoms with Crippen molar-refractivity contribution in [2.75, 3.05) is 10.2 Å². The quantitative estimate of drug-likeness (QED) is 0.829. The Kier molecular flexibility index (Phi) is 4.30. The summed E-state index contributed by atoms with van der Waals surface area (Å²) >= 11 is 12.1. The van der Waals surface area contributed by atoms with Crippen molar-refractivity contribution in [1.82, 2.24) is 0 Å². The fraction of sp³-hybridized carbons (Fsp3) is 0.0588. The van der Waals surface area contributed by atoms with Crippen molar-refractivity contribution >= 4 is 46.4 Å². The van der Waals surface area contributed by atoms with Crippen LogP contribution >= 0.6 is 23.2 Å². The van der Waals surface area contributed by atoms with Crippen LogP contribution in [0.15, 0.2) is 53.2 Å². The molecule has 24 heavy (non-hydrogen) atoms. The molecule has 0 aromatic heterocycles. The Labute approximate surface area is 147 Å². The van der Waals surface area contributed by atoms with E-state index in [2.05, 4.69) is 5.32 Å². The lowest BCUT2D eigenvalue weighted by molar-refractivity contribution is -0.120. The SMILES string of the molecule is Cc1c(Cl)cccc1NC1=C(Cl)C(=O)N(c2ccc(F)cc2)C1=O. The molecule has 7 heteroatoms. The van der Waals surface area contributed by atoms with Crippen molar-refractivity contribution in [1.29, 1.82) is 0 Å². The third-order valence-electron chi connectivity index (χ3n) is 3.64. The number of halogens is 3. The van der Waals surface area contributed by atoms with Gasteiger partial charge in [0.1, 0.15) is 16.5 Å². The monoisotopic (exact) mass is 364 g/mol. The summed E-state index contributed by atoms with van der Waals surface area (Å²) in [5, 5.41) is 3.15. The number of hydrogen-bond donors (Lipinski definition) is 1. The van der Waals surface area contributed by atoms with Gasteiger partial charge >= 0.3 is 0 Å². The molecule has 0 radical (unpaired) electrons. The smallest absolute Gasteiger partial charge is 0.283 e. The summed E-state index contributed by atoms with van der Waals surface area (Å²) in [5.41, 5.74) is 1.48. The van der Waals surface area contributed by atoms with Gasteiger partial charge in [-0.15, -0.1) is 0 Å². The summed E-state index contributed by atoms with van der Waals surface area (Å²) in [6.45, 7) is 1.78. The highest BCUT2D eigenvalue weighted by Crippen LogP contribution is 2.32. The highest BCUT2D eigenvalue weighted by molar-refractivity contribution is 6.53. The van der Waals surface area contributed by atoms with Crippen LogP contribution in [0.2, 0.25) is 5.02 Å². The van der Waals surface area contributed by atoms with Crippen LogP contribution in [0.4, 0.5) is 15.8 Å². The molecule has 2 aromatic carbocycles. The molecule has 4 nitrogen and oxygen atoms in total. The molecule has 1 heterocycles. The molecule has 0 saturated carbocycles. The standard InChI is InChI=1S/C17H11Cl2FN2O2/c1-9-12(18)3-2-4-13(9)21-15-14(19)16(23)22(17(15)24)11-7-5-10(20)6-8-11/h2-8,21H,1H3. The zero-order chi connectivity index (χ0) is 17.4. The van der Waals surface area contributed by atoms with Crippen LogP contribution in [0.1, 0.15) is 5.56 Å². The minimum absolute atomic E-state index is 0.0450. The Morgan fingerprint density at radius 3 is 2.33 bits per heavy atom. The zero-order valence-electron chi connectivity index (χ0n) is 12.4. The normalized spacial score (nSPS) is 14.6. The number of carbonyl (C=O) groups is 2. The van der Waals surface area contributed by atoms with E-state index >= 15 is 0 Å². The second-order valence-corrected chi connectivity index (χ2v) is 5.93. The molecule has 1 aliphatic rings. The maximum absolute atomic E-state index is 13.0. The molecule has 3 rings (SSSR count). The van der Waals surface area contributed by atoms with E-state index in [1.54, 1.807) is 25.1 Å². The predicted octanol–water partition coefficient (Wildman–Crippen LogP) is 4.22. The summed E-state index contributed by atoms with van der Waals surface area (Å²) in [6.07, 6.45) is 0. The second kappa shape index (κ2) is 6.26. The van der Waals surface area contributed by atoms with E-state index in [1.807, 2.05) is 0 Å². The molecule has 0 bridgehead atoms. The van der Waals surface area contributed by atoms with Gasteiger partial charge in [-0.1, -0.05) is 29.3 Å². The number of nitrogens with zero attached hydrogens (tertiary/aromatic N) is 1. The molecule has 2 amide bonds. The van der Waals surface area contributed by atoms with Crippen LogP contribution in [0, 0.1) is 12.7 Å². The maximum Gasteiger partial charge on any atom is 0.283 e. The number of carbonyl (C=O) groups excluding carboxylic acids is 2. The molecular formula is C17H11Cl2FN2O2. The number of hydrogen-bond acceptors (Lipinski definition) is 3. The lowest BCUT2D eigenvalue weighted by Crippen LogP contribution is -2.32. The molecule has 0 saturated heterocycles. The minimum Gasteiger partial charge on any atom is -0.349 e. The van der Waals surface area contributed by atoms with E-state index in [9.17, 15) is 14.0 Å². The lowest BCUT2D eigenvalue weighted by atomic mass is 10.2. The van der Waals surface area contributed by atoms with E-state index < -0.39 is 17.6 Å². The van der Waals surface area contributed by atoms with Gasteiger partial charge in [-0.05, 0) is 48.9 Å². The first-order chi connectivity index (χ1) is 11.4. The highest BCUT2D eigenvalue weighted by atomic mass is 35.5. The molecule has 0 aliphatic carbocycles. The largest absolute Gasteiger partial charge is 0.349 e. The first-order valence-electron chi connectivity index (χ1n) is 6.96. The Morgan fingerprint density at radius 2 is 1.67 bits per heavy atom. The van der Waals surface area contributed by atoms with Gasteiger partial charge in [0.2, 0.25) is 0 Å². The number of amides is 2. The summed E-state index contributed by atoms with van der Waals surface area (Å²) in [7, 11) is 0. The predicted molar refractivity (Wildman–Crippen MR) is 91.6 cm³/mol. The zero-order valence-corrected chi connectivity index (χ0v) is 14.0. The average molecular weight is 365 g/mol. The Balaban J connectivity index is 1.95. The number of anilines is 2. The highest BCUT2D eigenvalue weighted by Gasteiger charge is 2.39. The van der Waals surface area contributed by atoms with Crippen molar-refractivity contribution in [2.45, 2.75) is 6.92 Å². The topological polar surface area (TPSA) is 49.4 Å². The minimum atomic E-state index is -0.671. The van der Waals surface area contributed by atoms with Gasteiger partial charge < -0.3 is 5.32 Å². The summed E-state index contributed by atoms with van der Waals surface area (Å²) in [6, 6.07) is 10.1. The van der Waals surface area contributed by atoms with E-state index in [4.69, 9.17) is 23.2 Å². The number of nitrogens with one attached hydrogen (secondary N) is 1. The van der Waals surface area contributed by atoms with Crippen LogP contribution in [0.3, 0.4) is 0 Å². The molecule has 2 aromatic rings. The number of rotatable bonds is 3. The van der Waals surface area contributed by atoms with Gasteiger partial charge in [-0.2, -0.15) is 0 Å². The van der Waals surface area contributed by atoms with E-state index in [-0.39, 0.29) is 16.4 Å². The summed E-state index contributed by atoms with van der Waals surface area (Å²) < 4.78 is 13.0. The first kappa shape index (κ1) is 16.5. The van der Waals surface area contributed by atoms with E-state index in [0.29, 0.717) is 10.7 Å². The van der Waals surface area contributed by atoms with Gasteiger partial charge in [0.25, 0.3) is 11.8 Å². The van der Waals surface area contributed by atoms with Crippen molar-refractivity contribution in [3.8, 4) is 0 Å². The Hall–Kier alpha value is -2.37. The lowest BCUT2D eigenvalue weighted by Gasteiger charge is -2.15. The first-order valence-corrected chi connectivity index (χ1v) is 7.72. The van der Waals surface area contributed by atoms with Crippen LogP contribution in [0.25, 0.3) is 0 Å². The third-order valence-corrected chi connectivity index (χ3v) is 4.40. The second-order valence-electron chi connectivity index (χ2n) is 5.15. The summed E-state index contributed by atoms with van der Waals surface area (Å²) in [4.78, 5) is 25.8. The molecule has 0 spiro atoms. The van der Waals surface area contributed by atoms with Crippen LogP contribution in [0.5, 0.6) is 0 Å². The molecule has 0 unspecified atom stereocenters. The van der Waals surface area contributed by atoms with Crippen LogP contribution < -0.4 is 10.2 Å². The molecule has 122 valence electrons. The van der Waals surface area contributed by atoms with E-state index in [0.717, 1.165) is 22.6 Å². The van der Waals surface area contributed by atoms with Gasteiger partial charge in [0.15, 0.2) is 0 Å². The summed E-state index contributed by atoms with van der Waals surface area (Å²) in [5.74, 6) is -1.75. The van der Waals surface area contributed by atoms with Crippen molar-refractivity contribution in [3.05, 3.63) is 69.6 Å². The van der Waals surface area contributed by atoms with E-state index in [1.165, 1.54) is 12.1 Å². The van der Waals surface area contributed by atoms with Crippen molar-refractivity contribution < 1.29 is 14.0 Å². The molecule has 0 atom stereocenters. The molecular weight excluding hydrogens is 354 g/mol. The van der Waals surface area contributed by atoms with Crippen LogP contribution in [-0.4, -0.2) is 11.8 Å². The van der Waals surface area contributed by atoms with Crippen LogP contribution in [-0.2, 0) is 9.59 Å². The maximum atomic E-state index is 13.0. The molecule has 0 fully saturated rings. The van der Waals surface area contributed by atoms with Gasteiger partial charge in [0, 0.05) is 10.7 Å². The Bertz CT molecular complexity index is 879. The number of benzene rings is 2.